The molecule has 3 aromatic rings. The fourth-order valence-electron chi connectivity index (χ4n) is 7.59. The van der Waals surface area contributed by atoms with Crippen molar-refractivity contribution in [2.24, 2.45) is 0 Å². The summed E-state index contributed by atoms with van der Waals surface area (Å²) in [5.41, 5.74) is 3.23. The first kappa shape index (κ1) is 31.5. The standard InChI is InChI=1S/C36H43ClN8O2/c1-3-15-42-17-18-44(23-28(42)10-14-38)34-29-11-16-43(32-9-5-7-27-6-4-8-30(37)33(27)32)24-31(29)39-35(40-34)47-25-36(12-13-36)45-21-19-41(20-22-45)26(2)46/h3-9,15,28H,10-13,16-25H2,1-2H3/t28-/m0/s1. The van der Waals surface area contributed by atoms with Gasteiger partial charge in [-0.25, -0.2) is 0 Å². The summed E-state index contributed by atoms with van der Waals surface area (Å²) in [5.74, 6) is 1.08. The molecule has 0 bridgehead atoms. The number of aromatic nitrogens is 2. The average molecular weight is 655 g/mol. The Bertz CT molecular complexity index is 1710. The van der Waals surface area contributed by atoms with Gasteiger partial charge in [-0.3, -0.25) is 9.69 Å². The van der Waals surface area contributed by atoms with E-state index in [2.05, 4.69) is 56.1 Å². The number of rotatable bonds is 8. The Kier molecular flexibility index (Phi) is 8.86. The van der Waals surface area contributed by atoms with E-state index in [9.17, 15) is 10.1 Å². The van der Waals surface area contributed by atoms with E-state index in [0.717, 1.165) is 104 Å². The maximum absolute atomic E-state index is 11.9. The first-order valence-corrected chi connectivity index (χ1v) is 17.2. The minimum atomic E-state index is -0.0238. The van der Waals surface area contributed by atoms with Crippen LogP contribution in [0.25, 0.3) is 10.8 Å². The van der Waals surface area contributed by atoms with Gasteiger partial charge in [-0.2, -0.15) is 15.2 Å². The molecule has 2 aromatic carbocycles. The summed E-state index contributed by atoms with van der Waals surface area (Å²) in [5, 5.41) is 12.6. The quantitative estimate of drug-likeness (QED) is 0.338. The predicted octanol–water partition coefficient (Wildman–Crippen LogP) is 4.86. The number of carbonyl (C=O) groups excluding carboxylic acids is 1. The van der Waals surface area contributed by atoms with E-state index in [1.54, 1.807) is 6.92 Å². The number of halogens is 1. The first-order chi connectivity index (χ1) is 22.9. The van der Waals surface area contributed by atoms with Crippen LogP contribution in [-0.2, 0) is 17.8 Å². The molecule has 1 saturated carbocycles. The van der Waals surface area contributed by atoms with E-state index in [1.165, 1.54) is 0 Å². The number of benzene rings is 2. The Balaban J connectivity index is 1.18. The van der Waals surface area contributed by atoms with Crippen LogP contribution in [0.15, 0.2) is 48.7 Å². The molecule has 0 radical (unpaired) electrons. The smallest absolute Gasteiger partial charge is 0.318 e. The Morgan fingerprint density at radius 2 is 1.85 bits per heavy atom. The molecule has 10 nitrogen and oxygen atoms in total. The molecule has 7 rings (SSSR count). The zero-order valence-electron chi connectivity index (χ0n) is 27.4. The van der Waals surface area contributed by atoms with Crippen molar-refractivity contribution in [1.29, 1.82) is 5.26 Å². The lowest BCUT2D eigenvalue weighted by Crippen LogP contribution is -2.54. The molecule has 3 fully saturated rings. The zero-order chi connectivity index (χ0) is 32.5. The summed E-state index contributed by atoms with van der Waals surface area (Å²) < 4.78 is 6.54. The van der Waals surface area contributed by atoms with Crippen molar-refractivity contribution in [3.8, 4) is 12.1 Å². The molecule has 0 unspecified atom stereocenters. The van der Waals surface area contributed by atoms with Gasteiger partial charge in [-0.1, -0.05) is 41.9 Å². The normalized spacial score (nSPS) is 21.2. The second-order valence-electron chi connectivity index (χ2n) is 13.2. The van der Waals surface area contributed by atoms with Crippen molar-refractivity contribution in [1.82, 2.24) is 24.7 Å². The molecule has 3 aliphatic heterocycles. The Morgan fingerprint density at radius 3 is 2.57 bits per heavy atom. The highest BCUT2D eigenvalue weighted by atomic mass is 35.5. The summed E-state index contributed by atoms with van der Waals surface area (Å²) in [6.45, 7) is 11.2. The molecule has 1 amide bonds. The van der Waals surface area contributed by atoms with Crippen LogP contribution in [0.4, 0.5) is 11.5 Å². The Morgan fingerprint density at radius 1 is 1.06 bits per heavy atom. The van der Waals surface area contributed by atoms with Gasteiger partial charge in [-0.05, 0) is 49.9 Å². The van der Waals surface area contributed by atoms with Gasteiger partial charge >= 0.3 is 6.01 Å². The van der Waals surface area contributed by atoms with E-state index in [0.29, 0.717) is 32.1 Å². The number of carbonyl (C=O) groups is 1. The summed E-state index contributed by atoms with van der Waals surface area (Å²) in [4.78, 5) is 33.5. The van der Waals surface area contributed by atoms with Gasteiger partial charge in [0.25, 0.3) is 0 Å². The molecule has 246 valence electrons. The van der Waals surface area contributed by atoms with Crippen molar-refractivity contribution in [2.75, 3.05) is 68.8 Å². The number of piperazine rings is 2. The number of anilines is 2. The Hall–Kier alpha value is -4.07. The van der Waals surface area contributed by atoms with Crippen LogP contribution < -0.4 is 14.5 Å². The summed E-state index contributed by atoms with van der Waals surface area (Å²) in [6, 6.07) is 15.3. The summed E-state index contributed by atoms with van der Waals surface area (Å²) in [6.07, 6.45) is 7.54. The molecule has 0 spiro atoms. The second-order valence-corrected chi connectivity index (χ2v) is 13.6. The van der Waals surface area contributed by atoms with E-state index < -0.39 is 0 Å². The monoisotopic (exact) mass is 654 g/mol. The highest BCUT2D eigenvalue weighted by molar-refractivity contribution is 6.36. The van der Waals surface area contributed by atoms with Gasteiger partial charge in [0.2, 0.25) is 5.91 Å². The van der Waals surface area contributed by atoms with Gasteiger partial charge < -0.3 is 24.3 Å². The SMILES string of the molecule is CC=CN1CCN(c2nc(OCC3(N4CCN(C(C)=O)CC4)CC3)nc3c2CCN(c2cccc4cccc(Cl)c24)C3)C[C@@H]1CC#N. The third-order valence-electron chi connectivity index (χ3n) is 10.4. The van der Waals surface area contributed by atoms with Crippen molar-refractivity contribution < 1.29 is 9.53 Å². The van der Waals surface area contributed by atoms with Crippen LogP contribution in [0.3, 0.4) is 0 Å². The fraction of sp³-hybridized carbons (Fsp3) is 0.500. The minimum absolute atomic E-state index is 0.0238. The highest BCUT2D eigenvalue weighted by Gasteiger charge is 2.49. The highest BCUT2D eigenvalue weighted by Crippen LogP contribution is 2.43. The minimum Gasteiger partial charge on any atom is -0.461 e. The molecular formula is C36H43ClN8O2. The second kappa shape index (κ2) is 13.2. The molecular weight excluding hydrogens is 612 g/mol. The van der Waals surface area contributed by atoms with Gasteiger partial charge in [-0.15, -0.1) is 0 Å². The molecule has 1 aliphatic carbocycles. The number of ether oxygens (including phenoxy) is 1. The van der Waals surface area contributed by atoms with Gasteiger partial charge in [0, 0.05) is 75.9 Å². The third kappa shape index (κ3) is 6.31. The summed E-state index contributed by atoms with van der Waals surface area (Å²) in [7, 11) is 0. The van der Waals surface area contributed by atoms with Gasteiger partial charge in [0.1, 0.15) is 12.4 Å². The number of fused-ring (bicyclic) bond motifs is 2. The lowest BCUT2D eigenvalue weighted by molar-refractivity contribution is -0.131. The van der Waals surface area contributed by atoms with E-state index in [1.807, 2.05) is 30.0 Å². The number of allylic oxidation sites excluding steroid dienone is 1. The van der Waals surface area contributed by atoms with Crippen LogP contribution in [0.1, 0.15) is 44.4 Å². The van der Waals surface area contributed by atoms with Gasteiger partial charge in [0.05, 0.1) is 41.3 Å². The van der Waals surface area contributed by atoms with Crippen LogP contribution in [0.5, 0.6) is 6.01 Å². The van der Waals surface area contributed by atoms with Crippen LogP contribution in [0.2, 0.25) is 5.02 Å². The fourth-order valence-corrected chi connectivity index (χ4v) is 7.87. The molecule has 1 atom stereocenters. The number of hydrogen-bond acceptors (Lipinski definition) is 9. The first-order valence-electron chi connectivity index (χ1n) is 16.8. The van der Waals surface area contributed by atoms with Crippen molar-refractivity contribution in [3.05, 3.63) is 65.0 Å². The molecule has 0 N–H and O–H groups in total. The molecule has 4 heterocycles. The predicted molar refractivity (Wildman–Crippen MR) is 185 cm³/mol. The maximum Gasteiger partial charge on any atom is 0.318 e. The maximum atomic E-state index is 11.9. The molecule has 2 saturated heterocycles. The number of amides is 1. The average Bonchev–Trinajstić information content (AvgIpc) is 3.89. The lowest BCUT2D eigenvalue weighted by Gasteiger charge is -2.42. The van der Waals surface area contributed by atoms with E-state index in [-0.39, 0.29) is 17.5 Å². The molecule has 4 aliphatic rings. The van der Waals surface area contributed by atoms with Crippen molar-refractivity contribution in [3.63, 3.8) is 0 Å². The largest absolute Gasteiger partial charge is 0.461 e. The lowest BCUT2D eigenvalue weighted by atomic mass is 10.0. The number of nitriles is 1. The molecule has 1 aromatic heterocycles. The van der Waals surface area contributed by atoms with E-state index in [4.69, 9.17) is 26.3 Å². The topological polar surface area (TPSA) is 92.1 Å². The summed E-state index contributed by atoms with van der Waals surface area (Å²) >= 11 is 6.75. The van der Waals surface area contributed by atoms with Crippen LogP contribution in [-0.4, -0.2) is 101 Å². The Labute approximate surface area is 282 Å². The van der Waals surface area contributed by atoms with Crippen molar-refractivity contribution in [2.45, 2.75) is 57.7 Å². The number of nitrogens with zero attached hydrogens (tertiary/aromatic N) is 8. The van der Waals surface area contributed by atoms with Crippen LogP contribution in [0, 0.1) is 11.3 Å². The van der Waals surface area contributed by atoms with E-state index >= 15 is 0 Å². The molecule has 11 heteroatoms. The van der Waals surface area contributed by atoms with Crippen LogP contribution >= 0.6 is 11.6 Å². The third-order valence-corrected chi connectivity index (χ3v) is 10.7. The van der Waals surface area contributed by atoms with Gasteiger partial charge in [0.15, 0.2) is 0 Å². The zero-order valence-corrected chi connectivity index (χ0v) is 28.1. The van der Waals surface area contributed by atoms with Crippen molar-refractivity contribution >= 4 is 39.8 Å². The molecule has 47 heavy (non-hydrogen) atoms. The number of hydrogen-bond donors (Lipinski definition) is 0.